The summed E-state index contributed by atoms with van der Waals surface area (Å²) in [6.07, 6.45) is 5.97. The number of aliphatic carboxylic acids is 1. The molecule has 20 heavy (non-hydrogen) atoms. The maximum absolute atomic E-state index is 12.0. The molecular weight excluding hydrogens is 262 g/mol. The van der Waals surface area contributed by atoms with E-state index in [1.54, 1.807) is 20.8 Å². The standard InChI is InChI=1S/C14H23NO4.H2O/c1-14(2,3)19-13(18)15(10-12(16)17)9-11-7-5-4-6-8-11;/h10-11H,4-9H2,1-3H3;1H2/b15-10+;. The smallest absolute Gasteiger partial charge is 0.597 e. The Morgan fingerprint density at radius 3 is 2.25 bits per heavy atom. The Hall–Kier alpha value is -1.43. The number of rotatable bonds is 3. The molecule has 1 fully saturated rings. The Balaban J connectivity index is 0.00000361. The highest BCUT2D eigenvalue weighted by molar-refractivity contribution is 6.20. The van der Waals surface area contributed by atoms with Crippen molar-refractivity contribution in [1.29, 1.82) is 0 Å². The fourth-order valence-electron chi connectivity index (χ4n) is 2.28. The van der Waals surface area contributed by atoms with Gasteiger partial charge in [0.1, 0.15) is 5.60 Å². The zero-order valence-corrected chi connectivity index (χ0v) is 12.5. The van der Waals surface area contributed by atoms with Crippen LogP contribution in [-0.4, -0.2) is 45.6 Å². The van der Waals surface area contributed by atoms with Crippen LogP contribution in [0.15, 0.2) is 0 Å². The fourth-order valence-corrected chi connectivity index (χ4v) is 2.28. The largest absolute Gasteiger partial charge is 0.870 e. The summed E-state index contributed by atoms with van der Waals surface area (Å²) < 4.78 is 6.43. The van der Waals surface area contributed by atoms with Crippen molar-refractivity contribution in [3.8, 4) is 0 Å². The average Bonchev–Trinajstić information content (AvgIpc) is 2.26. The minimum atomic E-state index is -1.12. The van der Waals surface area contributed by atoms with E-state index in [0.717, 1.165) is 31.9 Å². The second kappa shape index (κ2) is 7.99. The summed E-state index contributed by atoms with van der Waals surface area (Å²) in [7, 11) is 0. The second-order valence-corrected chi connectivity index (χ2v) is 6.10. The molecule has 0 aromatic carbocycles. The van der Waals surface area contributed by atoms with Crippen molar-refractivity contribution < 1.29 is 29.5 Å². The Morgan fingerprint density at radius 2 is 1.80 bits per heavy atom. The molecule has 0 aromatic rings. The predicted molar refractivity (Wildman–Crippen MR) is 73.6 cm³/mol. The summed E-state index contributed by atoms with van der Waals surface area (Å²) in [5.74, 6) is -0.751. The number of hydrogen-bond acceptors (Lipinski definition) is 4. The SMILES string of the molecule is CC(C)(C)OC(=O)/[N+](=C/C(=O)O)CC1CCCCC1.[OH-]. The third-order valence-electron chi connectivity index (χ3n) is 3.07. The molecule has 6 nitrogen and oxygen atoms in total. The van der Waals surface area contributed by atoms with Crippen molar-refractivity contribution in [3.05, 3.63) is 0 Å². The highest BCUT2D eigenvalue weighted by atomic mass is 16.6. The van der Waals surface area contributed by atoms with E-state index >= 15 is 0 Å². The topological polar surface area (TPSA) is 96.6 Å². The molecule has 0 bridgehead atoms. The third-order valence-corrected chi connectivity index (χ3v) is 3.07. The number of carboxylic acids is 1. The summed E-state index contributed by atoms with van der Waals surface area (Å²) >= 11 is 0. The highest BCUT2D eigenvalue weighted by Gasteiger charge is 2.30. The Kier molecular flexibility index (Phi) is 7.42. The quantitative estimate of drug-likeness (QED) is 0.635. The van der Waals surface area contributed by atoms with Crippen LogP contribution in [0.5, 0.6) is 0 Å². The fraction of sp³-hybridized carbons (Fsp3) is 0.786. The van der Waals surface area contributed by atoms with Crippen LogP contribution in [0.2, 0.25) is 0 Å². The van der Waals surface area contributed by atoms with Crippen molar-refractivity contribution in [2.45, 2.75) is 58.5 Å². The van der Waals surface area contributed by atoms with Gasteiger partial charge < -0.3 is 15.3 Å². The summed E-state index contributed by atoms with van der Waals surface area (Å²) in [6, 6.07) is 0. The number of amides is 1. The minimum Gasteiger partial charge on any atom is -0.870 e. The molecule has 2 N–H and O–H groups in total. The summed E-state index contributed by atoms with van der Waals surface area (Å²) in [5, 5.41) is 8.86. The first-order valence-electron chi connectivity index (χ1n) is 6.85. The van der Waals surface area contributed by atoms with Crippen LogP contribution in [0.4, 0.5) is 4.79 Å². The molecule has 0 aromatic heterocycles. The molecule has 0 atom stereocenters. The molecule has 1 aliphatic rings. The van der Waals surface area contributed by atoms with E-state index in [-0.39, 0.29) is 5.48 Å². The lowest BCUT2D eigenvalue weighted by molar-refractivity contribution is -0.455. The number of carbonyl (C=O) groups excluding carboxylic acids is 1. The summed E-state index contributed by atoms with van der Waals surface area (Å²) in [6.45, 7) is 5.74. The van der Waals surface area contributed by atoms with Crippen LogP contribution >= 0.6 is 0 Å². The van der Waals surface area contributed by atoms with E-state index in [1.807, 2.05) is 0 Å². The van der Waals surface area contributed by atoms with Gasteiger partial charge in [0.2, 0.25) is 0 Å². The Morgan fingerprint density at radius 1 is 1.25 bits per heavy atom. The lowest BCUT2D eigenvalue weighted by atomic mass is 9.89. The lowest BCUT2D eigenvalue weighted by Gasteiger charge is -2.21. The number of nitrogens with zero attached hydrogens (tertiary/aromatic N) is 1. The third kappa shape index (κ3) is 7.23. The summed E-state index contributed by atoms with van der Waals surface area (Å²) in [4.78, 5) is 22.8. The maximum atomic E-state index is 12.0. The van der Waals surface area contributed by atoms with Crippen LogP contribution in [0.3, 0.4) is 0 Å². The first kappa shape index (κ1) is 18.6. The van der Waals surface area contributed by atoms with Gasteiger partial charge in [0.25, 0.3) is 6.21 Å². The molecule has 1 rings (SSSR count). The summed E-state index contributed by atoms with van der Waals surface area (Å²) in [5.41, 5.74) is -0.617. The first-order valence-corrected chi connectivity index (χ1v) is 6.85. The van der Waals surface area contributed by atoms with Crippen molar-refractivity contribution in [1.82, 2.24) is 0 Å². The van der Waals surface area contributed by atoms with E-state index in [2.05, 4.69) is 0 Å². The second-order valence-electron chi connectivity index (χ2n) is 6.10. The highest BCUT2D eigenvalue weighted by Crippen LogP contribution is 2.24. The molecule has 0 spiro atoms. The van der Waals surface area contributed by atoms with Crippen LogP contribution in [-0.2, 0) is 9.53 Å². The van der Waals surface area contributed by atoms with Crippen LogP contribution in [0.25, 0.3) is 0 Å². The van der Waals surface area contributed by atoms with Crippen LogP contribution < -0.4 is 0 Å². The zero-order chi connectivity index (χ0) is 14.5. The van der Waals surface area contributed by atoms with Gasteiger partial charge in [0, 0.05) is 5.92 Å². The van der Waals surface area contributed by atoms with E-state index < -0.39 is 17.7 Å². The van der Waals surface area contributed by atoms with Crippen molar-refractivity contribution in [3.63, 3.8) is 0 Å². The molecule has 0 radical (unpaired) electrons. The van der Waals surface area contributed by atoms with Gasteiger partial charge in [0.05, 0.1) is 0 Å². The van der Waals surface area contributed by atoms with Crippen molar-refractivity contribution >= 4 is 18.3 Å². The zero-order valence-electron chi connectivity index (χ0n) is 12.5. The van der Waals surface area contributed by atoms with Gasteiger partial charge in [-0.05, 0) is 33.6 Å². The molecular formula is C14H25NO5. The van der Waals surface area contributed by atoms with Crippen molar-refractivity contribution in [2.24, 2.45) is 5.92 Å². The number of carbonyl (C=O) groups is 2. The Labute approximate surface area is 119 Å². The monoisotopic (exact) mass is 287 g/mol. The first-order chi connectivity index (χ1) is 8.78. The normalized spacial score (nSPS) is 17.2. The Bertz CT molecular complexity index is 364. The molecule has 6 heteroatoms. The number of carboxylic acid groups (broad SMARTS) is 1. The van der Waals surface area contributed by atoms with E-state index in [9.17, 15) is 9.59 Å². The van der Waals surface area contributed by atoms with Gasteiger partial charge in [-0.25, -0.2) is 4.79 Å². The predicted octanol–water partition coefficient (Wildman–Crippen LogP) is 2.49. The lowest BCUT2D eigenvalue weighted by Crippen LogP contribution is -2.35. The average molecular weight is 287 g/mol. The molecule has 0 saturated heterocycles. The molecule has 0 unspecified atom stereocenters. The molecule has 116 valence electrons. The van der Waals surface area contributed by atoms with Gasteiger partial charge in [-0.15, -0.1) is 4.58 Å². The van der Waals surface area contributed by atoms with Gasteiger partial charge in [-0.2, -0.15) is 4.79 Å². The van der Waals surface area contributed by atoms with Gasteiger partial charge >= 0.3 is 12.1 Å². The maximum Gasteiger partial charge on any atom is 0.597 e. The number of hydrogen-bond donors (Lipinski definition) is 1. The van der Waals surface area contributed by atoms with Crippen LogP contribution in [0.1, 0.15) is 52.9 Å². The van der Waals surface area contributed by atoms with Crippen molar-refractivity contribution in [2.75, 3.05) is 6.54 Å². The molecule has 0 heterocycles. The minimum absolute atomic E-state index is 0. The van der Waals surface area contributed by atoms with Crippen LogP contribution in [0, 0.1) is 5.92 Å². The van der Waals surface area contributed by atoms with Gasteiger partial charge in [-0.1, -0.05) is 19.3 Å². The molecule has 0 aliphatic heterocycles. The van der Waals surface area contributed by atoms with Gasteiger partial charge in [-0.3, -0.25) is 0 Å². The molecule has 1 aliphatic carbocycles. The molecule has 1 amide bonds. The van der Waals surface area contributed by atoms with Gasteiger partial charge in [0.15, 0.2) is 6.54 Å². The van der Waals surface area contributed by atoms with E-state index in [4.69, 9.17) is 9.84 Å². The molecule has 1 saturated carbocycles. The number of ether oxygens (including phenoxy) is 1. The van der Waals surface area contributed by atoms with E-state index in [0.29, 0.717) is 12.5 Å². The van der Waals surface area contributed by atoms with E-state index in [1.165, 1.54) is 11.0 Å².